The third kappa shape index (κ3) is 3.51. The van der Waals surface area contributed by atoms with E-state index in [-0.39, 0.29) is 10.6 Å². The Hall–Kier alpha value is -2.54. The number of nitro benzene ring substituents is 1. The highest BCUT2D eigenvalue weighted by atomic mass is 32.2. The van der Waals surface area contributed by atoms with Gasteiger partial charge in [-0.3, -0.25) is 10.1 Å². The van der Waals surface area contributed by atoms with Crippen molar-refractivity contribution < 1.29 is 13.3 Å². The van der Waals surface area contributed by atoms with E-state index in [1.807, 2.05) is 0 Å². The van der Waals surface area contributed by atoms with E-state index in [0.717, 1.165) is 6.21 Å². The number of hydrogen-bond donors (Lipinski definition) is 0. The van der Waals surface area contributed by atoms with E-state index in [0.29, 0.717) is 11.1 Å². The Bertz CT molecular complexity index is 813. The molecule has 0 aliphatic carbocycles. The molecular weight excluding hydrogens is 292 g/mol. The van der Waals surface area contributed by atoms with Gasteiger partial charge in [-0.25, -0.2) is 0 Å². The number of nitro groups is 1. The summed E-state index contributed by atoms with van der Waals surface area (Å²) in [6.45, 7) is 1.68. The summed E-state index contributed by atoms with van der Waals surface area (Å²) in [5.74, 6) is 0. The van der Waals surface area contributed by atoms with Gasteiger partial charge in [0.15, 0.2) is 0 Å². The minimum atomic E-state index is -3.82. The predicted molar refractivity (Wildman–Crippen MR) is 79.1 cm³/mol. The maximum atomic E-state index is 12.1. The van der Waals surface area contributed by atoms with Crippen molar-refractivity contribution in [3.8, 4) is 0 Å². The maximum Gasteiger partial charge on any atom is 0.282 e. The lowest BCUT2D eigenvalue weighted by atomic mass is 10.2. The van der Waals surface area contributed by atoms with Crippen LogP contribution in [-0.4, -0.2) is 19.6 Å². The molecule has 2 rings (SSSR count). The van der Waals surface area contributed by atoms with Crippen LogP contribution in [0.1, 0.15) is 11.1 Å². The van der Waals surface area contributed by atoms with Crippen LogP contribution < -0.4 is 0 Å². The lowest BCUT2D eigenvalue weighted by molar-refractivity contribution is -0.384. The largest absolute Gasteiger partial charge is 0.282 e. The number of rotatable bonds is 4. The van der Waals surface area contributed by atoms with E-state index in [9.17, 15) is 18.5 Å². The van der Waals surface area contributed by atoms with E-state index in [1.54, 1.807) is 31.2 Å². The molecule has 6 nitrogen and oxygen atoms in total. The molecule has 0 spiro atoms. The van der Waals surface area contributed by atoms with Crippen molar-refractivity contribution >= 4 is 21.9 Å². The summed E-state index contributed by atoms with van der Waals surface area (Å²) >= 11 is 0. The average molecular weight is 304 g/mol. The SMILES string of the molecule is Cc1ccccc1S(=O)(=O)/N=C/c1cccc([N+](=O)[O-])c1. The molecule has 0 heterocycles. The number of benzene rings is 2. The lowest BCUT2D eigenvalue weighted by Gasteiger charge is -2.02. The second-order valence-electron chi connectivity index (χ2n) is 4.33. The van der Waals surface area contributed by atoms with Gasteiger partial charge in [-0.1, -0.05) is 30.3 Å². The van der Waals surface area contributed by atoms with Crippen LogP contribution in [0.5, 0.6) is 0 Å². The molecule has 0 N–H and O–H groups in total. The van der Waals surface area contributed by atoms with Crippen LogP contribution in [0.2, 0.25) is 0 Å². The van der Waals surface area contributed by atoms with Gasteiger partial charge in [0.1, 0.15) is 0 Å². The normalized spacial score (nSPS) is 11.7. The van der Waals surface area contributed by atoms with Gasteiger partial charge in [-0.2, -0.15) is 12.8 Å². The van der Waals surface area contributed by atoms with Gasteiger partial charge in [-0.05, 0) is 18.6 Å². The Labute approximate surface area is 122 Å². The first kappa shape index (κ1) is 14.9. The third-order valence-corrected chi connectivity index (χ3v) is 4.19. The zero-order valence-electron chi connectivity index (χ0n) is 11.1. The fraction of sp³-hybridized carbons (Fsp3) is 0.0714. The second-order valence-corrected chi connectivity index (χ2v) is 5.93. The first-order valence-electron chi connectivity index (χ1n) is 6.00. The lowest BCUT2D eigenvalue weighted by Crippen LogP contribution is -2.00. The van der Waals surface area contributed by atoms with Crippen LogP contribution >= 0.6 is 0 Å². The van der Waals surface area contributed by atoms with Crippen molar-refractivity contribution in [2.45, 2.75) is 11.8 Å². The van der Waals surface area contributed by atoms with Crippen LogP contribution in [-0.2, 0) is 10.0 Å². The highest BCUT2D eigenvalue weighted by Gasteiger charge is 2.14. The fourth-order valence-electron chi connectivity index (χ4n) is 1.75. The van der Waals surface area contributed by atoms with Gasteiger partial charge < -0.3 is 0 Å². The average Bonchev–Trinajstić information content (AvgIpc) is 2.46. The molecule has 0 atom stereocenters. The minimum Gasteiger partial charge on any atom is -0.258 e. The second kappa shape index (κ2) is 5.84. The van der Waals surface area contributed by atoms with E-state index in [2.05, 4.69) is 4.40 Å². The van der Waals surface area contributed by atoms with E-state index in [1.165, 1.54) is 24.3 Å². The summed E-state index contributed by atoms with van der Waals surface area (Å²) in [5.41, 5.74) is 0.822. The summed E-state index contributed by atoms with van der Waals surface area (Å²) in [5, 5.41) is 10.7. The smallest absolute Gasteiger partial charge is 0.258 e. The quantitative estimate of drug-likeness (QED) is 0.493. The van der Waals surface area contributed by atoms with Gasteiger partial charge in [0.25, 0.3) is 15.7 Å². The molecule has 0 radical (unpaired) electrons. The standard InChI is InChI=1S/C14H12N2O4S/c1-11-5-2-3-8-14(11)21(19,20)15-10-12-6-4-7-13(9-12)16(17)18/h2-10H,1H3/b15-10+. The van der Waals surface area contributed by atoms with Gasteiger partial charge in [0.05, 0.1) is 9.82 Å². The number of non-ortho nitro benzene ring substituents is 1. The van der Waals surface area contributed by atoms with Crippen molar-refractivity contribution in [3.05, 3.63) is 69.8 Å². The van der Waals surface area contributed by atoms with Crippen LogP contribution in [0.3, 0.4) is 0 Å². The molecule has 0 saturated carbocycles. The Morgan fingerprint density at radius 3 is 2.52 bits per heavy atom. The molecule has 0 unspecified atom stereocenters. The zero-order valence-corrected chi connectivity index (χ0v) is 11.9. The molecule has 2 aromatic rings. The number of aryl methyl sites for hydroxylation is 1. The van der Waals surface area contributed by atoms with Crippen molar-refractivity contribution in [1.82, 2.24) is 0 Å². The van der Waals surface area contributed by atoms with Crippen LogP contribution in [0.4, 0.5) is 5.69 Å². The molecule has 0 aliphatic rings. The molecule has 21 heavy (non-hydrogen) atoms. The van der Waals surface area contributed by atoms with Crippen LogP contribution in [0.25, 0.3) is 0 Å². The number of hydrogen-bond acceptors (Lipinski definition) is 4. The van der Waals surface area contributed by atoms with Crippen LogP contribution in [0, 0.1) is 17.0 Å². The molecular formula is C14H12N2O4S. The molecule has 0 fully saturated rings. The molecule has 0 amide bonds. The first-order chi connectivity index (χ1) is 9.90. The predicted octanol–water partition coefficient (Wildman–Crippen LogP) is 2.71. The Morgan fingerprint density at radius 2 is 1.86 bits per heavy atom. The number of nitrogens with zero attached hydrogens (tertiary/aromatic N) is 2. The summed E-state index contributed by atoms with van der Waals surface area (Å²) < 4.78 is 27.8. The molecule has 0 aliphatic heterocycles. The third-order valence-electron chi connectivity index (χ3n) is 2.79. The van der Waals surface area contributed by atoms with Crippen molar-refractivity contribution in [2.75, 3.05) is 0 Å². The molecule has 0 saturated heterocycles. The Balaban J connectivity index is 2.35. The minimum absolute atomic E-state index is 0.117. The fourth-order valence-corrected chi connectivity index (χ4v) is 2.85. The highest BCUT2D eigenvalue weighted by molar-refractivity contribution is 7.90. The molecule has 2 aromatic carbocycles. The van der Waals surface area contributed by atoms with Gasteiger partial charge in [-0.15, -0.1) is 0 Å². The van der Waals surface area contributed by atoms with Gasteiger partial charge in [0, 0.05) is 23.9 Å². The monoisotopic (exact) mass is 304 g/mol. The Morgan fingerprint density at radius 1 is 1.14 bits per heavy atom. The summed E-state index contributed by atoms with van der Waals surface area (Å²) in [7, 11) is -3.82. The van der Waals surface area contributed by atoms with Gasteiger partial charge >= 0.3 is 0 Å². The van der Waals surface area contributed by atoms with E-state index < -0.39 is 14.9 Å². The zero-order chi connectivity index (χ0) is 15.5. The van der Waals surface area contributed by atoms with E-state index in [4.69, 9.17) is 0 Å². The van der Waals surface area contributed by atoms with Crippen molar-refractivity contribution in [2.24, 2.45) is 4.40 Å². The van der Waals surface area contributed by atoms with Crippen LogP contribution in [0.15, 0.2) is 57.8 Å². The highest BCUT2D eigenvalue weighted by Crippen LogP contribution is 2.17. The summed E-state index contributed by atoms with van der Waals surface area (Å²) in [4.78, 5) is 10.2. The molecule has 108 valence electrons. The Kier molecular flexibility index (Phi) is 4.13. The summed E-state index contributed by atoms with van der Waals surface area (Å²) in [6, 6.07) is 12.1. The van der Waals surface area contributed by atoms with Crippen molar-refractivity contribution in [3.63, 3.8) is 0 Å². The summed E-state index contributed by atoms with van der Waals surface area (Å²) in [6.07, 6.45) is 1.11. The first-order valence-corrected chi connectivity index (χ1v) is 7.44. The van der Waals surface area contributed by atoms with Crippen molar-refractivity contribution in [1.29, 1.82) is 0 Å². The molecule has 7 heteroatoms. The topological polar surface area (TPSA) is 89.6 Å². The molecule has 0 bridgehead atoms. The van der Waals surface area contributed by atoms with E-state index >= 15 is 0 Å². The van der Waals surface area contributed by atoms with Gasteiger partial charge in [0.2, 0.25) is 0 Å². The number of sulfonamides is 1. The maximum absolute atomic E-state index is 12.1. The molecule has 0 aromatic heterocycles.